The summed E-state index contributed by atoms with van der Waals surface area (Å²) in [5, 5.41) is 3.00. The molecule has 2 aromatic carbocycles. The van der Waals surface area contributed by atoms with Crippen LogP contribution in [0, 0.1) is 0 Å². The molecule has 1 fully saturated rings. The van der Waals surface area contributed by atoms with Crippen LogP contribution in [-0.2, 0) is 11.2 Å². The molecule has 1 N–H and O–H groups in total. The molecule has 0 bridgehead atoms. The van der Waals surface area contributed by atoms with Gasteiger partial charge >= 0.3 is 6.03 Å². The fourth-order valence-electron chi connectivity index (χ4n) is 3.17. The highest BCUT2D eigenvalue weighted by atomic mass is 16.2. The molecule has 136 valence electrons. The first-order chi connectivity index (χ1) is 12.6. The maximum atomic E-state index is 12.5. The molecule has 0 radical (unpaired) electrons. The van der Waals surface area contributed by atoms with Gasteiger partial charge in [0.15, 0.2) is 0 Å². The van der Waals surface area contributed by atoms with E-state index in [-0.39, 0.29) is 24.5 Å². The van der Waals surface area contributed by atoms with Gasteiger partial charge in [0.1, 0.15) is 6.54 Å². The lowest BCUT2D eigenvalue weighted by molar-refractivity contribution is -0.122. The standard InChI is InChI=1S/C21H25N3O2/c1-17(12-13-18-8-4-2-5-9-18)22-20(25)16-23-14-15-24(21(23)26)19-10-6-3-7-11-19/h2-11,17H,12-16H2,1H3,(H,22,25). The van der Waals surface area contributed by atoms with Gasteiger partial charge in [-0.1, -0.05) is 48.5 Å². The van der Waals surface area contributed by atoms with Gasteiger partial charge in [0.05, 0.1) is 0 Å². The van der Waals surface area contributed by atoms with E-state index in [0.29, 0.717) is 13.1 Å². The van der Waals surface area contributed by atoms with Gasteiger partial charge in [0, 0.05) is 24.8 Å². The Hall–Kier alpha value is -2.82. The van der Waals surface area contributed by atoms with Crippen LogP contribution in [0.1, 0.15) is 18.9 Å². The average molecular weight is 351 g/mol. The first kappa shape index (κ1) is 18.0. The molecule has 0 spiro atoms. The van der Waals surface area contributed by atoms with Gasteiger partial charge in [-0.05, 0) is 37.5 Å². The van der Waals surface area contributed by atoms with Gasteiger partial charge in [0.2, 0.25) is 5.91 Å². The highest BCUT2D eigenvalue weighted by molar-refractivity contribution is 5.96. The average Bonchev–Trinajstić information content (AvgIpc) is 3.02. The number of hydrogen-bond donors (Lipinski definition) is 1. The van der Waals surface area contributed by atoms with Crippen molar-refractivity contribution in [3.05, 3.63) is 66.2 Å². The largest absolute Gasteiger partial charge is 0.352 e. The van der Waals surface area contributed by atoms with Gasteiger partial charge in [-0.2, -0.15) is 0 Å². The third-order valence-electron chi connectivity index (χ3n) is 4.61. The third-order valence-corrected chi connectivity index (χ3v) is 4.61. The SMILES string of the molecule is CC(CCc1ccccc1)NC(=O)CN1CCN(c2ccccc2)C1=O. The molecule has 1 atom stereocenters. The molecule has 3 rings (SSSR count). The number of rotatable bonds is 7. The summed E-state index contributed by atoms with van der Waals surface area (Å²) in [6.45, 7) is 3.29. The van der Waals surface area contributed by atoms with Crippen LogP contribution < -0.4 is 10.2 Å². The number of aryl methyl sites for hydroxylation is 1. The molecule has 5 heteroatoms. The van der Waals surface area contributed by atoms with Crippen LogP contribution in [0.2, 0.25) is 0 Å². The molecule has 1 heterocycles. The molecular formula is C21H25N3O2. The highest BCUT2D eigenvalue weighted by Gasteiger charge is 2.30. The summed E-state index contributed by atoms with van der Waals surface area (Å²) in [6, 6.07) is 19.8. The fourth-order valence-corrected chi connectivity index (χ4v) is 3.17. The number of para-hydroxylation sites is 1. The Morgan fingerprint density at radius 3 is 2.38 bits per heavy atom. The number of nitrogens with one attached hydrogen (secondary N) is 1. The summed E-state index contributed by atoms with van der Waals surface area (Å²) in [4.78, 5) is 28.1. The lowest BCUT2D eigenvalue weighted by Gasteiger charge is -2.20. The van der Waals surface area contributed by atoms with E-state index >= 15 is 0 Å². The number of hydrogen-bond acceptors (Lipinski definition) is 2. The highest BCUT2D eigenvalue weighted by Crippen LogP contribution is 2.19. The second-order valence-electron chi connectivity index (χ2n) is 6.68. The van der Waals surface area contributed by atoms with Crippen molar-refractivity contribution in [2.24, 2.45) is 0 Å². The molecule has 26 heavy (non-hydrogen) atoms. The van der Waals surface area contributed by atoms with E-state index in [1.165, 1.54) is 5.56 Å². The molecule has 0 aliphatic carbocycles. The van der Waals surface area contributed by atoms with E-state index in [2.05, 4.69) is 17.4 Å². The van der Waals surface area contributed by atoms with Crippen molar-refractivity contribution in [3.8, 4) is 0 Å². The first-order valence-corrected chi connectivity index (χ1v) is 9.08. The van der Waals surface area contributed by atoms with Crippen molar-refractivity contribution in [2.45, 2.75) is 25.8 Å². The number of carbonyl (C=O) groups is 2. The Morgan fingerprint density at radius 2 is 1.69 bits per heavy atom. The van der Waals surface area contributed by atoms with Crippen molar-refractivity contribution < 1.29 is 9.59 Å². The molecule has 3 amide bonds. The zero-order chi connectivity index (χ0) is 18.4. The summed E-state index contributed by atoms with van der Waals surface area (Å²) in [5.41, 5.74) is 2.14. The quantitative estimate of drug-likeness (QED) is 0.833. The van der Waals surface area contributed by atoms with E-state index < -0.39 is 0 Å². The zero-order valence-electron chi connectivity index (χ0n) is 15.1. The fraction of sp³-hybridized carbons (Fsp3) is 0.333. The lowest BCUT2D eigenvalue weighted by atomic mass is 10.1. The second-order valence-corrected chi connectivity index (χ2v) is 6.68. The van der Waals surface area contributed by atoms with Crippen LogP contribution in [0.3, 0.4) is 0 Å². The van der Waals surface area contributed by atoms with E-state index in [0.717, 1.165) is 18.5 Å². The van der Waals surface area contributed by atoms with Crippen molar-refractivity contribution in [1.29, 1.82) is 0 Å². The maximum absolute atomic E-state index is 12.5. The molecule has 2 aromatic rings. The Kier molecular flexibility index (Phi) is 5.89. The zero-order valence-corrected chi connectivity index (χ0v) is 15.1. The Labute approximate surface area is 154 Å². The van der Waals surface area contributed by atoms with Crippen LogP contribution in [-0.4, -0.2) is 42.5 Å². The molecule has 5 nitrogen and oxygen atoms in total. The minimum atomic E-state index is -0.108. The van der Waals surface area contributed by atoms with E-state index in [9.17, 15) is 9.59 Å². The normalized spacial score (nSPS) is 15.2. The van der Waals surface area contributed by atoms with Crippen LogP contribution in [0.15, 0.2) is 60.7 Å². The van der Waals surface area contributed by atoms with Crippen molar-refractivity contribution in [3.63, 3.8) is 0 Å². The lowest BCUT2D eigenvalue weighted by Crippen LogP contribution is -2.42. The Balaban J connectivity index is 1.45. The van der Waals surface area contributed by atoms with Crippen molar-refractivity contribution in [2.75, 3.05) is 24.5 Å². The number of nitrogens with zero attached hydrogens (tertiary/aromatic N) is 2. The summed E-state index contributed by atoms with van der Waals surface area (Å²) in [5.74, 6) is -0.103. The second kappa shape index (κ2) is 8.52. The van der Waals surface area contributed by atoms with Gasteiger partial charge in [-0.25, -0.2) is 4.79 Å². The maximum Gasteiger partial charge on any atom is 0.325 e. The van der Waals surface area contributed by atoms with E-state index in [1.54, 1.807) is 9.80 Å². The van der Waals surface area contributed by atoms with E-state index in [1.807, 2.05) is 55.5 Å². The first-order valence-electron chi connectivity index (χ1n) is 9.08. The Morgan fingerprint density at radius 1 is 1.04 bits per heavy atom. The number of urea groups is 1. The number of anilines is 1. The minimum absolute atomic E-state index is 0.0747. The van der Waals surface area contributed by atoms with Crippen LogP contribution in [0.25, 0.3) is 0 Å². The van der Waals surface area contributed by atoms with Gasteiger partial charge in [0.25, 0.3) is 0 Å². The number of benzene rings is 2. The van der Waals surface area contributed by atoms with Gasteiger partial charge in [-0.15, -0.1) is 0 Å². The van der Waals surface area contributed by atoms with Crippen LogP contribution in [0.5, 0.6) is 0 Å². The number of carbonyl (C=O) groups excluding carboxylic acids is 2. The molecule has 0 saturated carbocycles. The van der Waals surface area contributed by atoms with E-state index in [4.69, 9.17) is 0 Å². The predicted octanol–water partition coefficient (Wildman–Crippen LogP) is 3.07. The monoisotopic (exact) mass is 351 g/mol. The van der Waals surface area contributed by atoms with Crippen LogP contribution >= 0.6 is 0 Å². The summed E-state index contributed by atoms with van der Waals surface area (Å²) in [7, 11) is 0. The molecular weight excluding hydrogens is 326 g/mol. The predicted molar refractivity (Wildman–Crippen MR) is 103 cm³/mol. The molecule has 1 saturated heterocycles. The molecule has 0 aromatic heterocycles. The van der Waals surface area contributed by atoms with Crippen LogP contribution in [0.4, 0.5) is 10.5 Å². The van der Waals surface area contributed by atoms with Gasteiger partial charge in [-0.3, -0.25) is 9.69 Å². The molecule has 1 aliphatic heterocycles. The molecule has 1 aliphatic rings. The summed E-state index contributed by atoms with van der Waals surface area (Å²) in [6.07, 6.45) is 1.80. The smallest absolute Gasteiger partial charge is 0.325 e. The summed E-state index contributed by atoms with van der Waals surface area (Å²) >= 11 is 0. The van der Waals surface area contributed by atoms with Gasteiger partial charge < -0.3 is 10.2 Å². The van der Waals surface area contributed by atoms with Crippen molar-refractivity contribution in [1.82, 2.24) is 10.2 Å². The number of amides is 3. The molecule has 1 unspecified atom stereocenters. The third kappa shape index (κ3) is 4.63. The minimum Gasteiger partial charge on any atom is -0.352 e. The Bertz CT molecular complexity index is 733. The topological polar surface area (TPSA) is 52.7 Å². The van der Waals surface area contributed by atoms with Crippen molar-refractivity contribution >= 4 is 17.6 Å². The summed E-state index contributed by atoms with van der Waals surface area (Å²) < 4.78 is 0.